The number of nitrogens with zero attached hydrogens (tertiary/aromatic N) is 1. The summed E-state index contributed by atoms with van der Waals surface area (Å²) in [4.78, 5) is 14.2. The van der Waals surface area contributed by atoms with E-state index in [0.29, 0.717) is 5.92 Å². The van der Waals surface area contributed by atoms with Gasteiger partial charge in [0, 0.05) is 23.8 Å². The SMILES string of the molecule is Cl.Cl.[B]OC(=O)C(CCCC)C1CCN(c2ccc(Cl)cc2)C1. The van der Waals surface area contributed by atoms with Gasteiger partial charge in [-0.1, -0.05) is 31.4 Å². The molecule has 0 aliphatic carbocycles. The van der Waals surface area contributed by atoms with Crippen LogP contribution < -0.4 is 4.90 Å². The van der Waals surface area contributed by atoms with E-state index in [4.69, 9.17) is 19.7 Å². The smallest absolute Gasteiger partial charge is 0.378 e. The zero-order chi connectivity index (χ0) is 15.2. The quantitative estimate of drug-likeness (QED) is 0.685. The molecule has 1 aromatic rings. The summed E-state index contributed by atoms with van der Waals surface area (Å²) in [5.74, 6) is -0.0538. The third-order valence-electron chi connectivity index (χ3n) is 4.27. The summed E-state index contributed by atoms with van der Waals surface area (Å²) in [6, 6.07) is 7.83. The van der Waals surface area contributed by atoms with Crippen molar-refractivity contribution in [3.05, 3.63) is 29.3 Å². The summed E-state index contributed by atoms with van der Waals surface area (Å²) in [5, 5.41) is 0.738. The highest BCUT2D eigenvalue weighted by molar-refractivity contribution is 6.30. The average molecular weight is 379 g/mol. The highest BCUT2D eigenvalue weighted by atomic mass is 35.5. The molecule has 1 aromatic carbocycles. The molecule has 1 heterocycles. The summed E-state index contributed by atoms with van der Waals surface area (Å²) >= 11 is 5.92. The number of anilines is 1. The molecule has 0 amide bonds. The van der Waals surface area contributed by atoms with Gasteiger partial charge in [0.2, 0.25) is 0 Å². The Balaban J connectivity index is 0.00000242. The lowest BCUT2D eigenvalue weighted by Gasteiger charge is -2.23. The van der Waals surface area contributed by atoms with Gasteiger partial charge < -0.3 is 9.55 Å². The second-order valence-electron chi connectivity index (χ2n) is 5.66. The average Bonchev–Trinajstić information content (AvgIpc) is 2.97. The topological polar surface area (TPSA) is 29.5 Å². The van der Waals surface area contributed by atoms with E-state index in [9.17, 15) is 4.79 Å². The maximum absolute atomic E-state index is 11.9. The van der Waals surface area contributed by atoms with E-state index >= 15 is 0 Å². The molecular weight excluding hydrogens is 355 g/mol. The standard InChI is InChI=1S/C16H21BClNO2.2ClH/c1-2-3-4-15(16(20)21-17)12-9-10-19(11-12)14-7-5-13(18)6-8-14;;/h5-8,12,15H,2-4,9-11H2,1H3;2*1H. The van der Waals surface area contributed by atoms with Crippen LogP contribution in [0.4, 0.5) is 5.69 Å². The maximum Gasteiger partial charge on any atom is 0.378 e. The molecule has 2 rings (SSSR count). The number of rotatable bonds is 6. The van der Waals surface area contributed by atoms with Gasteiger partial charge in [0.15, 0.2) is 0 Å². The number of hydrogen-bond acceptors (Lipinski definition) is 3. The predicted octanol–water partition coefficient (Wildman–Crippen LogP) is 4.44. The summed E-state index contributed by atoms with van der Waals surface area (Å²) in [6.07, 6.45) is 3.94. The van der Waals surface area contributed by atoms with Crippen LogP contribution in [-0.2, 0) is 9.45 Å². The summed E-state index contributed by atoms with van der Waals surface area (Å²) < 4.78 is 4.50. The highest BCUT2D eigenvalue weighted by Gasteiger charge is 2.33. The van der Waals surface area contributed by atoms with Gasteiger partial charge in [0.25, 0.3) is 5.97 Å². The monoisotopic (exact) mass is 377 g/mol. The van der Waals surface area contributed by atoms with Crippen molar-refractivity contribution < 1.29 is 9.45 Å². The summed E-state index contributed by atoms with van der Waals surface area (Å²) in [6.45, 7) is 3.94. The van der Waals surface area contributed by atoms with Crippen LogP contribution in [-0.4, -0.2) is 27.1 Å². The van der Waals surface area contributed by atoms with Crippen molar-refractivity contribution in [1.29, 1.82) is 0 Å². The Morgan fingerprint density at radius 2 is 2.04 bits per heavy atom. The Morgan fingerprint density at radius 1 is 1.39 bits per heavy atom. The number of carbonyl (C=O) groups excluding carboxylic acids is 1. The van der Waals surface area contributed by atoms with Gasteiger partial charge in [-0.05, 0) is 43.0 Å². The summed E-state index contributed by atoms with van der Waals surface area (Å²) in [5.41, 5.74) is 1.15. The molecule has 7 heteroatoms. The van der Waals surface area contributed by atoms with E-state index in [1.54, 1.807) is 0 Å². The molecule has 0 spiro atoms. The first-order valence-electron chi connectivity index (χ1n) is 7.56. The van der Waals surface area contributed by atoms with Crippen LogP contribution in [0.25, 0.3) is 0 Å². The Hall–Kier alpha value is -0.575. The lowest BCUT2D eigenvalue weighted by Crippen LogP contribution is -2.28. The molecule has 1 aliphatic rings. The van der Waals surface area contributed by atoms with Crippen molar-refractivity contribution in [2.75, 3.05) is 18.0 Å². The van der Waals surface area contributed by atoms with Crippen molar-refractivity contribution in [2.24, 2.45) is 11.8 Å². The van der Waals surface area contributed by atoms with Crippen molar-refractivity contribution in [1.82, 2.24) is 0 Å². The van der Waals surface area contributed by atoms with Gasteiger partial charge in [-0.2, -0.15) is 0 Å². The largest absolute Gasteiger partial charge is 0.543 e. The van der Waals surface area contributed by atoms with Crippen LogP contribution in [0.2, 0.25) is 5.02 Å². The zero-order valence-corrected chi connectivity index (χ0v) is 15.6. The third kappa shape index (κ3) is 6.09. The van der Waals surface area contributed by atoms with Crippen LogP contribution in [0.1, 0.15) is 32.6 Å². The fourth-order valence-electron chi connectivity index (χ4n) is 3.06. The normalized spacial score (nSPS) is 17.8. The van der Waals surface area contributed by atoms with Crippen LogP contribution in [0.5, 0.6) is 0 Å². The number of carbonyl (C=O) groups is 1. The van der Waals surface area contributed by atoms with Crippen molar-refractivity contribution >= 4 is 56.1 Å². The van der Waals surface area contributed by atoms with Gasteiger partial charge in [-0.3, -0.25) is 4.79 Å². The molecule has 0 saturated carbocycles. The molecule has 2 unspecified atom stereocenters. The Kier molecular flexibility index (Phi) is 10.8. The molecule has 1 saturated heterocycles. The lowest BCUT2D eigenvalue weighted by atomic mass is 9.87. The number of benzene rings is 1. The van der Waals surface area contributed by atoms with Crippen LogP contribution in [0.15, 0.2) is 24.3 Å². The fraction of sp³-hybridized carbons (Fsp3) is 0.562. The van der Waals surface area contributed by atoms with Crippen molar-refractivity contribution in [3.8, 4) is 0 Å². The van der Waals surface area contributed by atoms with Gasteiger partial charge in [-0.25, -0.2) is 0 Å². The molecule has 1 aliphatic heterocycles. The van der Waals surface area contributed by atoms with Crippen LogP contribution >= 0.6 is 36.4 Å². The molecule has 128 valence electrons. The molecule has 23 heavy (non-hydrogen) atoms. The fourth-order valence-corrected chi connectivity index (χ4v) is 3.19. The molecule has 2 atom stereocenters. The van der Waals surface area contributed by atoms with E-state index in [1.807, 2.05) is 24.3 Å². The first-order chi connectivity index (χ1) is 10.2. The Labute approximate surface area is 157 Å². The second kappa shape index (κ2) is 11.1. The molecular formula is C16H23BCl3NO2. The first kappa shape index (κ1) is 22.4. The van der Waals surface area contributed by atoms with Gasteiger partial charge >= 0.3 is 8.05 Å². The zero-order valence-electron chi connectivity index (χ0n) is 13.2. The second-order valence-corrected chi connectivity index (χ2v) is 6.09. The van der Waals surface area contributed by atoms with E-state index in [0.717, 1.165) is 49.5 Å². The summed E-state index contributed by atoms with van der Waals surface area (Å²) in [7, 11) is 5.10. The van der Waals surface area contributed by atoms with E-state index in [1.165, 1.54) is 0 Å². The molecule has 0 bridgehead atoms. The predicted molar refractivity (Wildman–Crippen MR) is 101 cm³/mol. The Bertz CT molecular complexity index is 473. The molecule has 0 aromatic heterocycles. The third-order valence-corrected chi connectivity index (χ3v) is 4.53. The number of hydrogen-bond donors (Lipinski definition) is 0. The highest BCUT2D eigenvalue weighted by Crippen LogP contribution is 2.32. The minimum absolute atomic E-state index is 0. The number of unbranched alkanes of at least 4 members (excludes halogenated alkanes) is 1. The Morgan fingerprint density at radius 3 is 2.61 bits per heavy atom. The molecule has 2 radical (unpaired) electrons. The van der Waals surface area contributed by atoms with E-state index < -0.39 is 0 Å². The lowest BCUT2D eigenvalue weighted by molar-refractivity contribution is -0.140. The molecule has 1 fully saturated rings. The maximum atomic E-state index is 11.9. The van der Waals surface area contributed by atoms with Gasteiger partial charge in [0.1, 0.15) is 0 Å². The van der Waals surface area contributed by atoms with Crippen molar-refractivity contribution in [3.63, 3.8) is 0 Å². The molecule has 0 N–H and O–H groups in total. The van der Waals surface area contributed by atoms with E-state index in [2.05, 4.69) is 16.5 Å². The van der Waals surface area contributed by atoms with Gasteiger partial charge in [0.05, 0.1) is 5.92 Å². The number of halogens is 3. The van der Waals surface area contributed by atoms with Crippen molar-refractivity contribution in [2.45, 2.75) is 32.6 Å². The van der Waals surface area contributed by atoms with Crippen LogP contribution in [0, 0.1) is 11.8 Å². The van der Waals surface area contributed by atoms with Gasteiger partial charge in [-0.15, -0.1) is 24.8 Å². The van der Waals surface area contributed by atoms with Crippen LogP contribution in [0.3, 0.4) is 0 Å². The minimum atomic E-state index is -0.272. The minimum Gasteiger partial charge on any atom is -0.543 e. The first-order valence-corrected chi connectivity index (χ1v) is 7.94. The van der Waals surface area contributed by atoms with E-state index in [-0.39, 0.29) is 36.7 Å². The molecule has 3 nitrogen and oxygen atoms in total.